The van der Waals surface area contributed by atoms with Crippen LogP contribution >= 0.6 is 11.6 Å². The van der Waals surface area contributed by atoms with Crippen molar-refractivity contribution in [2.24, 2.45) is 11.3 Å². The van der Waals surface area contributed by atoms with Gasteiger partial charge in [0.1, 0.15) is 0 Å². The third kappa shape index (κ3) is 6.22. The molecular formula is C24H37ClN2O. The average molecular weight is 405 g/mol. The lowest BCUT2D eigenvalue weighted by Crippen LogP contribution is -2.43. The summed E-state index contributed by atoms with van der Waals surface area (Å²) in [4.78, 5) is 12.8. The first-order valence-corrected chi connectivity index (χ1v) is 11.2. The monoisotopic (exact) mass is 404 g/mol. The molecule has 156 valence electrons. The molecule has 4 heteroatoms. The Bertz CT molecular complexity index is 633. The van der Waals surface area contributed by atoms with E-state index in [1.54, 1.807) is 0 Å². The lowest BCUT2D eigenvalue weighted by molar-refractivity contribution is 0.0682. The maximum atomic E-state index is 12.8. The van der Waals surface area contributed by atoms with Gasteiger partial charge in [-0.2, -0.15) is 0 Å². The number of amides is 1. The van der Waals surface area contributed by atoms with Crippen LogP contribution in [0.5, 0.6) is 0 Å². The number of carbonyl (C=O) groups excluding carboxylic acids is 1. The second-order valence-corrected chi connectivity index (χ2v) is 9.47. The lowest BCUT2D eigenvalue weighted by Gasteiger charge is -2.45. The summed E-state index contributed by atoms with van der Waals surface area (Å²) in [5.41, 5.74) is 2.15. The van der Waals surface area contributed by atoms with Gasteiger partial charge in [-0.05, 0) is 67.7 Å². The van der Waals surface area contributed by atoms with Crippen molar-refractivity contribution >= 4 is 17.5 Å². The number of fused-ring (bicyclic) bond motifs is 2. The van der Waals surface area contributed by atoms with Gasteiger partial charge >= 0.3 is 0 Å². The summed E-state index contributed by atoms with van der Waals surface area (Å²) in [6.07, 6.45) is 11.3. The topological polar surface area (TPSA) is 41.1 Å². The zero-order valence-corrected chi connectivity index (χ0v) is 18.4. The fraction of sp³-hybridized carbons (Fsp3) is 0.667. The minimum Gasteiger partial charge on any atom is -0.351 e. The van der Waals surface area contributed by atoms with Crippen molar-refractivity contribution in [2.45, 2.75) is 77.7 Å². The molecule has 1 aromatic rings. The molecule has 2 aliphatic rings. The maximum absolute atomic E-state index is 12.8. The molecule has 2 radical (unpaired) electrons. The van der Waals surface area contributed by atoms with E-state index in [0.29, 0.717) is 22.0 Å². The van der Waals surface area contributed by atoms with E-state index in [9.17, 15) is 4.79 Å². The minimum absolute atomic E-state index is 0. The van der Waals surface area contributed by atoms with Gasteiger partial charge in [-0.25, -0.2) is 0 Å². The van der Waals surface area contributed by atoms with Crippen LogP contribution in [-0.4, -0.2) is 25.0 Å². The van der Waals surface area contributed by atoms with Crippen LogP contribution in [0.4, 0.5) is 0 Å². The highest BCUT2D eigenvalue weighted by Crippen LogP contribution is 2.48. The third-order valence-electron chi connectivity index (χ3n) is 6.45. The molecule has 2 aliphatic carbocycles. The van der Waals surface area contributed by atoms with E-state index < -0.39 is 0 Å². The fourth-order valence-corrected chi connectivity index (χ4v) is 5.22. The molecule has 1 aromatic carbocycles. The van der Waals surface area contributed by atoms with Gasteiger partial charge in [-0.15, -0.1) is 0 Å². The van der Waals surface area contributed by atoms with E-state index in [1.165, 1.54) is 50.5 Å². The molecule has 2 N–H and O–H groups in total. The van der Waals surface area contributed by atoms with Gasteiger partial charge in [0.2, 0.25) is 0 Å². The summed E-state index contributed by atoms with van der Waals surface area (Å²) < 4.78 is 0. The van der Waals surface area contributed by atoms with Crippen molar-refractivity contribution < 1.29 is 4.79 Å². The SMILES string of the molecule is CC(C)NCCCc1ccc(Cl)c(C(=O)NCC23CCCC(CCC2)C3)c1.[CH2]. The van der Waals surface area contributed by atoms with Gasteiger partial charge < -0.3 is 10.6 Å². The largest absolute Gasteiger partial charge is 0.351 e. The Morgan fingerprint density at radius 1 is 1.25 bits per heavy atom. The normalized spacial score (nSPS) is 23.9. The van der Waals surface area contributed by atoms with E-state index in [0.717, 1.165) is 31.8 Å². The van der Waals surface area contributed by atoms with E-state index in [1.807, 2.05) is 18.2 Å². The molecule has 28 heavy (non-hydrogen) atoms. The number of aryl methyl sites for hydroxylation is 1. The Balaban J connectivity index is 0.00000280. The van der Waals surface area contributed by atoms with Crippen LogP contribution in [0, 0.1) is 18.8 Å². The molecular weight excluding hydrogens is 368 g/mol. The summed E-state index contributed by atoms with van der Waals surface area (Å²) in [6, 6.07) is 6.40. The maximum Gasteiger partial charge on any atom is 0.252 e. The first kappa shape index (κ1) is 23.2. The van der Waals surface area contributed by atoms with Gasteiger partial charge in [-0.1, -0.05) is 64.6 Å². The Hall–Kier alpha value is -1.06. The van der Waals surface area contributed by atoms with Crippen LogP contribution in [0.3, 0.4) is 0 Å². The highest BCUT2D eigenvalue weighted by Gasteiger charge is 2.39. The van der Waals surface area contributed by atoms with Crippen LogP contribution in [-0.2, 0) is 6.42 Å². The minimum atomic E-state index is -0.00997. The molecule has 1 amide bonds. The molecule has 3 nitrogen and oxygen atoms in total. The van der Waals surface area contributed by atoms with Crippen LogP contribution in [0.1, 0.15) is 81.1 Å². The summed E-state index contributed by atoms with van der Waals surface area (Å²) >= 11 is 6.35. The van der Waals surface area contributed by atoms with Crippen molar-refractivity contribution in [3.63, 3.8) is 0 Å². The Morgan fingerprint density at radius 2 is 1.96 bits per heavy atom. The molecule has 0 atom stereocenters. The zero-order valence-electron chi connectivity index (χ0n) is 17.7. The van der Waals surface area contributed by atoms with Crippen LogP contribution in [0.25, 0.3) is 0 Å². The van der Waals surface area contributed by atoms with E-state index >= 15 is 0 Å². The highest BCUT2D eigenvalue weighted by atomic mass is 35.5. The number of hydrogen-bond donors (Lipinski definition) is 2. The predicted molar refractivity (Wildman–Crippen MR) is 119 cm³/mol. The Labute approximate surface area is 177 Å². The lowest BCUT2D eigenvalue weighted by atomic mass is 9.62. The number of hydrogen-bond acceptors (Lipinski definition) is 2. The van der Waals surface area contributed by atoms with E-state index in [4.69, 9.17) is 11.6 Å². The van der Waals surface area contributed by atoms with Gasteiger partial charge in [0, 0.05) is 12.6 Å². The first-order chi connectivity index (χ1) is 13.0. The van der Waals surface area contributed by atoms with Crippen molar-refractivity contribution in [3.8, 4) is 0 Å². The number of benzene rings is 1. The highest BCUT2D eigenvalue weighted by molar-refractivity contribution is 6.33. The molecule has 3 rings (SSSR count). The van der Waals surface area contributed by atoms with Crippen molar-refractivity contribution in [2.75, 3.05) is 13.1 Å². The predicted octanol–water partition coefficient (Wildman–Crippen LogP) is 5.69. The van der Waals surface area contributed by atoms with E-state index in [2.05, 4.69) is 24.5 Å². The van der Waals surface area contributed by atoms with Crippen LogP contribution in [0.15, 0.2) is 18.2 Å². The second-order valence-electron chi connectivity index (χ2n) is 9.06. The Kier molecular flexibility index (Phi) is 8.82. The number of carbonyl (C=O) groups is 1. The average Bonchev–Trinajstić information content (AvgIpc) is 2.64. The summed E-state index contributed by atoms with van der Waals surface area (Å²) in [5.74, 6) is 0.875. The molecule has 0 unspecified atom stereocenters. The molecule has 0 aliphatic heterocycles. The van der Waals surface area contributed by atoms with Crippen molar-refractivity contribution in [1.82, 2.24) is 10.6 Å². The fourth-order valence-electron chi connectivity index (χ4n) is 5.02. The van der Waals surface area contributed by atoms with Gasteiger partial charge in [-0.3, -0.25) is 4.79 Å². The van der Waals surface area contributed by atoms with E-state index in [-0.39, 0.29) is 13.3 Å². The summed E-state index contributed by atoms with van der Waals surface area (Å²) in [5, 5.41) is 7.22. The molecule has 0 saturated heterocycles. The Morgan fingerprint density at radius 3 is 2.64 bits per heavy atom. The first-order valence-electron chi connectivity index (χ1n) is 10.8. The van der Waals surface area contributed by atoms with Crippen LogP contribution in [0.2, 0.25) is 5.02 Å². The summed E-state index contributed by atoms with van der Waals surface area (Å²) in [7, 11) is 0. The molecule has 2 fully saturated rings. The smallest absolute Gasteiger partial charge is 0.252 e. The van der Waals surface area contributed by atoms with Crippen LogP contribution < -0.4 is 10.6 Å². The van der Waals surface area contributed by atoms with Gasteiger partial charge in [0.15, 0.2) is 0 Å². The number of halogens is 1. The molecule has 0 aromatic heterocycles. The number of rotatable bonds is 8. The molecule has 0 spiro atoms. The van der Waals surface area contributed by atoms with Crippen molar-refractivity contribution in [3.05, 3.63) is 41.8 Å². The van der Waals surface area contributed by atoms with Gasteiger partial charge in [0.05, 0.1) is 10.6 Å². The van der Waals surface area contributed by atoms with Gasteiger partial charge in [0.25, 0.3) is 5.91 Å². The standard InChI is InChI=1S/C23H35ClN2O.CH2/c1-17(2)25-13-5-8-18-9-10-21(24)20(14-18)22(27)26-16-23-11-3-6-19(15-23)7-4-12-23;/h9-10,14,17,19,25H,3-8,11-13,15-16H2,1-2H3,(H,26,27);1H2. The zero-order chi connectivity index (χ0) is 19.3. The molecule has 2 saturated carbocycles. The summed E-state index contributed by atoms with van der Waals surface area (Å²) in [6.45, 7) is 6.11. The number of nitrogens with one attached hydrogen (secondary N) is 2. The third-order valence-corrected chi connectivity index (χ3v) is 6.78. The molecule has 2 bridgehead atoms. The second kappa shape index (κ2) is 10.6. The molecule has 0 heterocycles. The van der Waals surface area contributed by atoms with Crippen molar-refractivity contribution in [1.29, 1.82) is 0 Å². The quantitative estimate of drug-likeness (QED) is 0.546.